The lowest BCUT2D eigenvalue weighted by atomic mass is 9.85. The fraction of sp³-hybridized carbons (Fsp3) is 0.463. The lowest BCUT2D eigenvalue weighted by Crippen LogP contribution is -2.59. The predicted molar refractivity (Wildman–Crippen MR) is 216 cm³/mol. The van der Waals surface area contributed by atoms with E-state index in [1.165, 1.54) is 16.2 Å². The van der Waals surface area contributed by atoms with Gasteiger partial charge < -0.3 is 20.3 Å². The number of sulfonamides is 1. The minimum absolute atomic E-state index is 0.0933. The van der Waals surface area contributed by atoms with Crippen LogP contribution in [0.1, 0.15) is 70.6 Å². The number of aryl methyl sites for hydroxylation is 1. The molecule has 4 heterocycles. The van der Waals surface area contributed by atoms with Gasteiger partial charge in [0.05, 0.1) is 34.4 Å². The molecular weight excluding hydrogens is 789 g/mol. The second kappa shape index (κ2) is 15.3. The van der Waals surface area contributed by atoms with Gasteiger partial charge in [0.2, 0.25) is 34.1 Å². The molecule has 0 unspecified atom stereocenters. The number of anilines is 1. The standard InChI is InChI=1S/C41H45F2N7O6S2/c1-40(2,3)33-37(52)50-21-26(19-31(50)35(51)48-41(20-28(41)34(42)43)38(53)49-58(54,55)27-16-17-27)56-36-32(45-29-14-7-8-15-30(29)46-36)24-12-9-11-23(18-24)10-5-4-6-13-25-22-57-39(44-25)47-33/h5,7-12,14-15,18,22,26-28,31,33-34H,4,6,13,16-17,19-21H2,1-3H3,(H,44,47)(H,48,51)(H,49,53)/b10-5+/t26-,28+,31+,33-,41-/m1/s1. The molecule has 2 aromatic heterocycles. The minimum atomic E-state index is -4.11. The van der Waals surface area contributed by atoms with Crippen molar-refractivity contribution in [3.63, 3.8) is 0 Å². The van der Waals surface area contributed by atoms with Crippen molar-refractivity contribution in [2.45, 2.75) is 101 Å². The molecule has 3 fully saturated rings. The van der Waals surface area contributed by atoms with Gasteiger partial charge in [0, 0.05) is 17.4 Å². The number of alkyl halides is 2. The van der Waals surface area contributed by atoms with E-state index >= 15 is 0 Å². The molecular formula is C41H45F2N7O6S2. The molecule has 17 heteroatoms. The molecule has 3 N–H and O–H groups in total. The van der Waals surface area contributed by atoms with Gasteiger partial charge >= 0.3 is 0 Å². The maximum atomic E-state index is 14.8. The van der Waals surface area contributed by atoms with E-state index in [4.69, 9.17) is 19.7 Å². The van der Waals surface area contributed by atoms with E-state index in [1.54, 1.807) is 6.07 Å². The third-order valence-electron chi connectivity index (χ3n) is 11.1. The van der Waals surface area contributed by atoms with Gasteiger partial charge in [-0.1, -0.05) is 63.3 Å². The highest BCUT2D eigenvalue weighted by Crippen LogP contribution is 2.48. The molecule has 0 spiro atoms. The SMILES string of the molecule is CC(C)(C)[C@@H]1Nc2nc(cs2)CCC/C=C/c2cccc(c2)-c2nc3ccccc3nc2O[C@@H]2C[C@@H](C(=O)N[C@]3(C(=O)NS(=O)(=O)C4CC4)C[C@H]3C(F)F)N(C2)C1=O. The number of ether oxygens (including phenoxy) is 1. The van der Waals surface area contributed by atoms with Crippen molar-refractivity contribution in [2.75, 3.05) is 11.9 Å². The Balaban J connectivity index is 1.18. The fourth-order valence-electron chi connectivity index (χ4n) is 7.66. The van der Waals surface area contributed by atoms with E-state index in [0.717, 1.165) is 36.1 Å². The number of para-hydroxylation sites is 2. The van der Waals surface area contributed by atoms with Crippen LogP contribution in [-0.2, 0) is 30.8 Å². The molecule has 4 aliphatic rings. The molecule has 0 radical (unpaired) electrons. The van der Waals surface area contributed by atoms with Crippen LogP contribution in [0.2, 0.25) is 0 Å². The number of hydrogen-bond acceptors (Lipinski definition) is 11. The first-order chi connectivity index (χ1) is 27.6. The number of nitrogens with one attached hydrogen (secondary N) is 3. The number of fused-ring (bicyclic) bond motifs is 9. The number of hydrogen-bond donors (Lipinski definition) is 3. The summed E-state index contributed by atoms with van der Waals surface area (Å²) >= 11 is 1.37. The van der Waals surface area contributed by atoms with E-state index in [2.05, 4.69) is 22.8 Å². The van der Waals surface area contributed by atoms with Crippen LogP contribution in [0.25, 0.3) is 28.4 Å². The summed E-state index contributed by atoms with van der Waals surface area (Å²) in [6.45, 7) is 5.54. The Bertz CT molecular complexity index is 2400. The van der Waals surface area contributed by atoms with Crippen molar-refractivity contribution in [2.24, 2.45) is 11.3 Å². The molecule has 5 atom stereocenters. The molecule has 2 aliphatic carbocycles. The summed E-state index contributed by atoms with van der Waals surface area (Å²) in [4.78, 5) is 58.7. The smallest absolute Gasteiger partial charge is 0.259 e. The van der Waals surface area contributed by atoms with Crippen LogP contribution in [0.4, 0.5) is 13.9 Å². The Morgan fingerprint density at radius 2 is 1.83 bits per heavy atom. The highest BCUT2D eigenvalue weighted by atomic mass is 32.2. The molecule has 2 saturated carbocycles. The molecule has 4 aromatic rings. The zero-order valence-corrected chi connectivity index (χ0v) is 33.9. The van der Waals surface area contributed by atoms with Crippen molar-refractivity contribution >= 4 is 61.3 Å². The number of benzene rings is 2. The average Bonchev–Trinajstić information content (AvgIpc) is 4.08. The van der Waals surface area contributed by atoms with Gasteiger partial charge in [-0.3, -0.25) is 19.1 Å². The summed E-state index contributed by atoms with van der Waals surface area (Å²) in [5.41, 5.74) is 1.31. The monoisotopic (exact) mass is 833 g/mol. The first-order valence-corrected chi connectivity index (χ1v) is 21.9. The van der Waals surface area contributed by atoms with Gasteiger partial charge in [-0.25, -0.2) is 32.2 Å². The Kier molecular flexibility index (Phi) is 10.5. The Morgan fingerprint density at radius 3 is 2.53 bits per heavy atom. The Morgan fingerprint density at radius 1 is 1.07 bits per heavy atom. The third-order valence-corrected chi connectivity index (χ3v) is 13.8. The molecule has 13 nitrogen and oxygen atoms in total. The number of allylic oxidation sites excluding steroid dienone is 1. The van der Waals surface area contributed by atoms with Gasteiger partial charge in [0.1, 0.15) is 29.4 Å². The molecule has 6 bridgehead atoms. The van der Waals surface area contributed by atoms with Crippen molar-refractivity contribution in [3.05, 3.63) is 71.2 Å². The lowest BCUT2D eigenvalue weighted by Gasteiger charge is -2.35. The van der Waals surface area contributed by atoms with Crippen LogP contribution in [0.15, 0.2) is 60.0 Å². The van der Waals surface area contributed by atoms with Crippen LogP contribution in [0, 0.1) is 11.3 Å². The second-order valence-corrected chi connectivity index (χ2v) is 19.5. The summed E-state index contributed by atoms with van der Waals surface area (Å²) in [6, 6.07) is 12.9. The van der Waals surface area contributed by atoms with Gasteiger partial charge in [-0.15, -0.1) is 11.3 Å². The van der Waals surface area contributed by atoms with Gasteiger partial charge in [0.15, 0.2) is 5.13 Å². The molecule has 3 amide bonds. The number of halogens is 2. The molecule has 1 saturated heterocycles. The highest BCUT2D eigenvalue weighted by Gasteiger charge is 2.67. The van der Waals surface area contributed by atoms with E-state index in [-0.39, 0.29) is 18.8 Å². The highest BCUT2D eigenvalue weighted by molar-refractivity contribution is 7.91. The van der Waals surface area contributed by atoms with Gasteiger partial charge in [-0.05, 0) is 67.7 Å². The predicted octanol–water partition coefficient (Wildman–Crippen LogP) is 5.73. The summed E-state index contributed by atoms with van der Waals surface area (Å²) in [5, 5.41) is 7.50. The van der Waals surface area contributed by atoms with Crippen molar-refractivity contribution in [3.8, 4) is 17.1 Å². The second-order valence-electron chi connectivity index (χ2n) is 16.6. The van der Waals surface area contributed by atoms with Crippen LogP contribution in [-0.4, -0.2) is 87.9 Å². The van der Waals surface area contributed by atoms with Crippen LogP contribution < -0.4 is 20.1 Å². The molecule has 306 valence electrons. The molecule has 58 heavy (non-hydrogen) atoms. The maximum absolute atomic E-state index is 14.8. The van der Waals surface area contributed by atoms with Gasteiger partial charge in [0.25, 0.3) is 5.91 Å². The third kappa shape index (κ3) is 8.15. The first-order valence-electron chi connectivity index (χ1n) is 19.5. The number of aromatic nitrogens is 3. The topological polar surface area (TPSA) is 173 Å². The summed E-state index contributed by atoms with van der Waals surface area (Å²) < 4.78 is 62.5. The number of nitrogens with zero attached hydrogens (tertiary/aromatic N) is 4. The van der Waals surface area contributed by atoms with Crippen LogP contribution >= 0.6 is 11.3 Å². The van der Waals surface area contributed by atoms with Crippen LogP contribution in [0.5, 0.6) is 5.88 Å². The quantitative estimate of drug-likeness (QED) is 0.218. The normalized spacial score (nSPS) is 25.6. The molecule has 2 aliphatic heterocycles. The average molecular weight is 834 g/mol. The van der Waals surface area contributed by atoms with Crippen molar-refractivity contribution in [1.29, 1.82) is 0 Å². The first kappa shape index (κ1) is 39.8. The van der Waals surface area contributed by atoms with Gasteiger partial charge in [-0.2, -0.15) is 0 Å². The van der Waals surface area contributed by atoms with E-state index in [0.29, 0.717) is 34.7 Å². The van der Waals surface area contributed by atoms with E-state index in [1.807, 2.05) is 73.3 Å². The summed E-state index contributed by atoms with van der Waals surface area (Å²) in [7, 11) is -4.11. The van der Waals surface area contributed by atoms with E-state index in [9.17, 15) is 31.6 Å². The van der Waals surface area contributed by atoms with Crippen molar-refractivity contribution in [1.82, 2.24) is 29.9 Å². The molecule has 2 aromatic carbocycles. The zero-order chi connectivity index (χ0) is 41.0. The maximum Gasteiger partial charge on any atom is 0.259 e. The van der Waals surface area contributed by atoms with Crippen molar-refractivity contribution < 1.29 is 36.3 Å². The Labute approximate surface area is 339 Å². The van der Waals surface area contributed by atoms with E-state index < -0.39 is 80.9 Å². The number of amides is 3. The number of carbonyl (C=O) groups excluding carboxylic acids is 3. The zero-order valence-electron chi connectivity index (χ0n) is 32.3. The van der Waals surface area contributed by atoms with Crippen LogP contribution in [0.3, 0.4) is 0 Å². The largest absolute Gasteiger partial charge is 0.471 e. The molecule has 8 rings (SSSR count). The summed E-state index contributed by atoms with van der Waals surface area (Å²) in [5.74, 6) is -4.01. The summed E-state index contributed by atoms with van der Waals surface area (Å²) in [6.07, 6.45) is 2.82. The fourth-order valence-corrected chi connectivity index (χ4v) is 9.80. The Hall–Kier alpha value is -5.03. The number of rotatable bonds is 6. The number of carbonyl (C=O) groups is 3. The minimum Gasteiger partial charge on any atom is -0.471 e. The lowest BCUT2D eigenvalue weighted by molar-refractivity contribution is -0.141. The number of thiazole rings is 1.